The summed E-state index contributed by atoms with van der Waals surface area (Å²) >= 11 is 1.90. The molecule has 3 atom stereocenters. The van der Waals surface area contributed by atoms with Crippen LogP contribution in [0.5, 0.6) is 0 Å². The molecule has 0 radical (unpaired) electrons. The van der Waals surface area contributed by atoms with Crippen molar-refractivity contribution in [3.8, 4) is 0 Å². The first-order chi connectivity index (χ1) is 8.09. The molecule has 5 nitrogen and oxygen atoms in total. The Morgan fingerprint density at radius 3 is 3.06 bits per heavy atom. The highest BCUT2D eigenvalue weighted by atomic mass is 32.2. The average Bonchev–Trinajstić information content (AvgIpc) is 2.77. The third-order valence-electron chi connectivity index (χ3n) is 3.49. The van der Waals surface area contributed by atoms with Gasteiger partial charge in [-0.15, -0.1) is 0 Å². The normalized spacial score (nSPS) is 31.5. The zero-order valence-corrected chi connectivity index (χ0v) is 10.7. The Labute approximate surface area is 105 Å². The first kappa shape index (κ1) is 12.5. The van der Waals surface area contributed by atoms with E-state index in [9.17, 15) is 9.59 Å². The van der Waals surface area contributed by atoms with Crippen molar-refractivity contribution in [3.05, 3.63) is 0 Å². The standard InChI is InChI=1S/C11H18N2O3S/c1-13-10-7(12-11(13)16)6-17-8(10)4-2-3-5-9(14)15/h7-8,10H,2-6H2,1H3,(H,12,16)(H,14,15)/t7-,8-,10-/m0/s1. The predicted molar refractivity (Wildman–Crippen MR) is 66.2 cm³/mol. The van der Waals surface area contributed by atoms with E-state index in [1.807, 2.05) is 18.8 Å². The van der Waals surface area contributed by atoms with Crippen LogP contribution in [0.3, 0.4) is 0 Å². The molecule has 0 aromatic carbocycles. The van der Waals surface area contributed by atoms with Crippen molar-refractivity contribution in [2.75, 3.05) is 12.8 Å². The molecular weight excluding hydrogens is 240 g/mol. The lowest BCUT2D eigenvalue weighted by molar-refractivity contribution is -0.137. The fraction of sp³-hybridized carbons (Fsp3) is 0.818. The number of unbranched alkanes of at least 4 members (excludes halogenated alkanes) is 1. The highest BCUT2D eigenvalue weighted by Gasteiger charge is 2.46. The number of carbonyl (C=O) groups is 2. The largest absolute Gasteiger partial charge is 0.481 e. The van der Waals surface area contributed by atoms with Crippen LogP contribution < -0.4 is 5.32 Å². The minimum Gasteiger partial charge on any atom is -0.481 e. The summed E-state index contributed by atoms with van der Waals surface area (Å²) in [6.45, 7) is 0. The minimum absolute atomic E-state index is 0.0239. The van der Waals surface area contributed by atoms with Crippen LogP contribution in [0.25, 0.3) is 0 Å². The molecule has 17 heavy (non-hydrogen) atoms. The van der Waals surface area contributed by atoms with Crippen LogP contribution in [-0.4, -0.2) is 52.1 Å². The lowest BCUT2D eigenvalue weighted by atomic mass is 10.0. The summed E-state index contributed by atoms with van der Waals surface area (Å²) in [5.74, 6) is 0.251. The number of carboxylic acids is 1. The van der Waals surface area contributed by atoms with E-state index in [1.54, 1.807) is 4.90 Å². The van der Waals surface area contributed by atoms with Crippen LogP contribution in [0.15, 0.2) is 0 Å². The van der Waals surface area contributed by atoms with Gasteiger partial charge in [0.05, 0.1) is 12.1 Å². The molecule has 0 unspecified atom stereocenters. The summed E-state index contributed by atoms with van der Waals surface area (Å²) in [5.41, 5.74) is 0. The molecule has 0 bridgehead atoms. The number of likely N-dealkylation sites (N-methyl/N-ethyl adjacent to an activating group) is 1. The SMILES string of the molecule is CN1C(=O)N[C@H]2CS[C@@H](CCCCC(=O)O)[C@H]21. The van der Waals surface area contributed by atoms with Gasteiger partial charge in [-0.2, -0.15) is 11.8 Å². The number of rotatable bonds is 5. The topological polar surface area (TPSA) is 69.6 Å². The molecule has 2 aliphatic heterocycles. The number of hydrogen-bond acceptors (Lipinski definition) is 3. The Balaban J connectivity index is 1.78. The number of aliphatic carboxylic acids is 1. The molecule has 0 saturated carbocycles. The molecule has 2 rings (SSSR count). The van der Waals surface area contributed by atoms with E-state index in [0.717, 1.165) is 25.0 Å². The number of thioether (sulfide) groups is 1. The van der Waals surface area contributed by atoms with E-state index in [-0.39, 0.29) is 24.5 Å². The summed E-state index contributed by atoms with van der Waals surface area (Å²) in [7, 11) is 1.84. The Morgan fingerprint density at radius 2 is 2.35 bits per heavy atom. The van der Waals surface area contributed by atoms with E-state index >= 15 is 0 Å². The third kappa shape index (κ3) is 2.68. The maximum Gasteiger partial charge on any atom is 0.317 e. The van der Waals surface area contributed by atoms with E-state index < -0.39 is 5.97 Å². The van der Waals surface area contributed by atoms with Crippen LogP contribution in [0, 0.1) is 0 Å². The number of carbonyl (C=O) groups excluding carboxylic acids is 1. The van der Waals surface area contributed by atoms with Crippen molar-refractivity contribution < 1.29 is 14.7 Å². The third-order valence-corrected chi connectivity index (χ3v) is 4.98. The number of fused-ring (bicyclic) bond motifs is 1. The van der Waals surface area contributed by atoms with Crippen LogP contribution in [0.4, 0.5) is 4.79 Å². The van der Waals surface area contributed by atoms with Gasteiger partial charge in [-0.3, -0.25) is 4.79 Å². The number of hydrogen-bond donors (Lipinski definition) is 2. The van der Waals surface area contributed by atoms with E-state index in [0.29, 0.717) is 5.25 Å². The zero-order valence-electron chi connectivity index (χ0n) is 9.89. The van der Waals surface area contributed by atoms with Gasteiger partial charge in [-0.05, 0) is 12.8 Å². The summed E-state index contributed by atoms with van der Waals surface area (Å²) in [5, 5.41) is 12.0. The predicted octanol–water partition coefficient (Wildman–Crippen LogP) is 1.14. The summed E-state index contributed by atoms with van der Waals surface area (Å²) < 4.78 is 0. The first-order valence-electron chi connectivity index (χ1n) is 5.96. The molecule has 2 aliphatic rings. The summed E-state index contributed by atoms with van der Waals surface area (Å²) in [4.78, 5) is 23.7. The molecule has 0 aliphatic carbocycles. The Kier molecular flexibility index (Phi) is 3.81. The van der Waals surface area contributed by atoms with Gasteiger partial charge < -0.3 is 15.3 Å². The number of nitrogens with one attached hydrogen (secondary N) is 1. The molecule has 2 heterocycles. The molecule has 0 aromatic rings. The van der Waals surface area contributed by atoms with E-state index in [1.165, 1.54) is 0 Å². The first-order valence-corrected chi connectivity index (χ1v) is 7.01. The van der Waals surface area contributed by atoms with Crippen LogP contribution in [0.2, 0.25) is 0 Å². The van der Waals surface area contributed by atoms with Crippen molar-refractivity contribution in [2.45, 2.75) is 43.0 Å². The van der Waals surface area contributed by atoms with Gasteiger partial charge in [0.2, 0.25) is 0 Å². The molecule has 6 heteroatoms. The fourth-order valence-electron chi connectivity index (χ4n) is 2.60. The summed E-state index contributed by atoms with van der Waals surface area (Å²) in [6.07, 6.45) is 2.90. The maximum absolute atomic E-state index is 11.5. The van der Waals surface area contributed by atoms with E-state index in [4.69, 9.17) is 5.11 Å². The molecule has 2 saturated heterocycles. The lowest BCUT2D eigenvalue weighted by Gasteiger charge is -2.23. The van der Waals surface area contributed by atoms with Crippen molar-refractivity contribution in [3.63, 3.8) is 0 Å². The monoisotopic (exact) mass is 258 g/mol. The second-order valence-electron chi connectivity index (χ2n) is 4.67. The molecule has 2 fully saturated rings. The van der Waals surface area contributed by atoms with Crippen molar-refractivity contribution in [1.29, 1.82) is 0 Å². The number of nitrogens with zero attached hydrogens (tertiary/aromatic N) is 1. The second-order valence-corrected chi connectivity index (χ2v) is 5.94. The molecule has 2 N–H and O–H groups in total. The second kappa shape index (κ2) is 5.16. The van der Waals surface area contributed by atoms with Gasteiger partial charge in [-0.25, -0.2) is 4.79 Å². The smallest absolute Gasteiger partial charge is 0.317 e. The fourth-order valence-corrected chi connectivity index (χ4v) is 4.24. The van der Waals surface area contributed by atoms with Gasteiger partial charge in [-0.1, -0.05) is 6.42 Å². The Morgan fingerprint density at radius 1 is 1.59 bits per heavy atom. The summed E-state index contributed by atoms with van der Waals surface area (Å²) in [6, 6.07) is 0.593. The maximum atomic E-state index is 11.5. The van der Waals surface area contributed by atoms with Gasteiger partial charge >= 0.3 is 12.0 Å². The van der Waals surface area contributed by atoms with E-state index in [2.05, 4.69) is 5.32 Å². The van der Waals surface area contributed by atoms with Gasteiger partial charge in [0.25, 0.3) is 0 Å². The lowest BCUT2D eigenvalue weighted by Crippen LogP contribution is -2.38. The van der Waals surface area contributed by atoms with Crippen LogP contribution >= 0.6 is 11.8 Å². The highest BCUT2D eigenvalue weighted by molar-refractivity contribution is 8.00. The van der Waals surface area contributed by atoms with Crippen molar-refractivity contribution in [2.24, 2.45) is 0 Å². The van der Waals surface area contributed by atoms with Crippen LogP contribution in [0.1, 0.15) is 25.7 Å². The zero-order chi connectivity index (χ0) is 12.4. The van der Waals surface area contributed by atoms with Gasteiger partial charge in [0, 0.05) is 24.5 Å². The van der Waals surface area contributed by atoms with Gasteiger partial charge in [0.15, 0.2) is 0 Å². The molecular formula is C11H18N2O3S. The van der Waals surface area contributed by atoms with Gasteiger partial charge in [0.1, 0.15) is 0 Å². The highest BCUT2D eigenvalue weighted by Crippen LogP contribution is 2.36. The quantitative estimate of drug-likeness (QED) is 0.573. The molecule has 96 valence electrons. The number of amides is 2. The minimum atomic E-state index is -0.725. The Bertz CT molecular complexity index is 324. The van der Waals surface area contributed by atoms with Crippen molar-refractivity contribution >= 4 is 23.8 Å². The Hall–Kier alpha value is -0.910. The number of carboxylic acid groups (broad SMARTS) is 1. The van der Waals surface area contributed by atoms with Crippen molar-refractivity contribution in [1.82, 2.24) is 10.2 Å². The average molecular weight is 258 g/mol. The molecule has 0 aromatic heterocycles. The molecule has 2 amide bonds. The number of urea groups is 1. The molecule has 0 spiro atoms. The van der Waals surface area contributed by atoms with Crippen LogP contribution in [-0.2, 0) is 4.79 Å².